The minimum absolute atomic E-state index is 0.497. The maximum absolute atomic E-state index is 9.00. The van der Waals surface area contributed by atoms with E-state index >= 15 is 0 Å². The second-order valence-corrected chi connectivity index (χ2v) is 4.86. The van der Waals surface area contributed by atoms with Crippen molar-refractivity contribution in [3.63, 3.8) is 0 Å². The van der Waals surface area contributed by atoms with Crippen LogP contribution < -0.4 is 5.32 Å². The van der Waals surface area contributed by atoms with E-state index in [0.717, 1.165) is 12.2 Å². The van der Waals surface area contributed by atoms with Crippen molar-refractivity contribution in [2.24, 2.45) is 0 Å². The Labute approximate surface area is 109 Å². The number of pyridine rings is 1. The Kier molecular flexibility index (Phi) is 4.54. The molecule has 1 saturated heterocycles. The van der Waals surface area contributed by atoms with Gasteiger partial charge in [-0.15, -0.1) is 0 Å². The summed E-state index contributed by atoms with van der Waals surface area (Å²) in [6.45, 7) is 5.49. The van der Waals surface area contributed by atoms with Gasteiger partial charge < -0.3 is 5.32 Å². The van der Waals surface area contributed by atoms with Crippen molar-refractivity contribution in [1.29, 1.82) is 5.26 Å². The quantitative estimate of drug-likeness (QED) is 0.882. The van der Waals surface area contributed by atoms with Crippen LogP contribution in [0.15, 0.2) is 18.5 Å². The number of anilines is 1. The van der Waals surface area contributed by atoms with Crippen LogP contribution in [0, 0.1) is 11.3 Å². The van der Waals surface area contributed by atoms with Crippen LogP contribution in [-0.4, -0.2) is 35.6 Å². The minimum atomic E-state index is 0.497. The van der Waals surface area contributed by atoms with Gasteiger partial charge in [0.25, 0.3) is 0 Å². The summed E-state index contributed by atoms with van der Waals surface area (Å²) in [6.07, 6.45) is 7.35. The van der Waals surface area contributed by atoms with Gasteiger partial charge in [0.1, 0.15) is 6.07 Å². The van der Waals surface area contributed by atoms with Crippen molar-refractivity contribution in [2.45, 2.75) is 32.2 Å². The van der Waals surface area contributed by atoms with Crippen LogP contribution in [0.5, 0.6) is 0 Å². The fourth-order valence-corrected chi connectivity index (χ4v) is 2.38. The van der Waals surface area contributed by atoms with Gasteiger partial charge >= 0.3 is 0 Å². The first kappa shape index (κ1) is 12.8. The molecule has 1 aromatic rings. The smallest absolute Gasteiger partial charge is 0.101 e. The fraction of sp³-hybridized carbons (Fsp3) is 0.571. The van der Waals surface area contributed by atoms with E-state index in [-0.39, 0.29) is 0 Å². The topological polar surface area (TPSA) is 52.0 Å². The van der Waals surface area contributed by atoms with Gasteiger partial charge in [-0.1, -0.05) is 6.42 Å². The van der Waals surface area contributed by atoms with Crippen molar-refractivity contribution in [2.75, 3.05) is 25.0 Å². The lowest BCUT2D eigenvalue weighted by atomic mass is 10.1. The molecule has 0 aliphatic carbocycles. The van der Waals surface area contributed by atoms with E-state index in [1.807, 2.05) is 0 Å². The highest BCUT2D eigenvalue weighted by atomic mass is 15.2. The molecule has 1 atom stereocenters. The molecule has 1 N–H and O–H groups in total. The molecule has 0 saturated carbocycles. The standard InChI is InChI=1S/C14H20N4/c1-12(18-7-3-2-4-8-18)10-17-14-11-16-6-5-13(14)9-15/h5-6,11-12,17H,2-4,7-8,10H2,1H3. The summed E-state index contributed by atoms with van der Waals surface area (Å²) in [7, 11) is 0. The van der Waals surface area contributed by atoms with Crippen molar-refractivity contribution in [3.8, 4) is 6.07 Å². The van der Waals surface area contributed by atoms with E-state index in [4.69, 9.17) is 5.26 Å². The van der Waals surface area contributed by atoms with Crippen molar-refractivity contribution < 1.29 is 0 Å². The number of likely N-dealkylation sites (tertiary alicyclic amines) is 1. The Morgan fingerprint density at radius 1 is 1.44 bits per heavy atom. The van der Waals surface area contributed by atoms with Gasteiger partial charge in [-0.25, -0.2) is 0 Å². The Morgan fingerprint density at radius 3 is 2.94 bits per heavy atom. The van der Waals surface area contributed by atoms with Gasteiger partial charge in [0.05, 0.1) is 17.4 Å². The lowest BCUT2D eigenvalue weighted by molar-refractivity contribution is 0.180. The third kappa shape index (κ3) is 3.21. The van der Waals surface area contributed by atoms with Crippen molar-refractivity contribution >= 4 is 5.69 Å². The van der Waals surface area contributed by atoms with Crippen LogP contribution in [0.25, 0.3) is 0 Å². The predicted molar refractivity (Wildman–Crippen MR) is 72.3 cm³/mol. The molecule has 0 spiro atoms. The fourth-order valence-electron chi connectivity index (χ4n) is 2.38. The van der Waals surface area contributed by atoms with Crippen LogP contribution in [0.2, 0.25) is 0 Å². The van der Waals surface area contributed by atoms with Gasteiger partial charge in [-0.05, 0) is 38.9 Å². The first-order valence-electron chi connectivity index (χ1n) is 6.63. The molecule has 4 nitrogen and oxygen atoms in total. The number of nitrogens with zero attached hydrogens (tertiary/aromatic N) is 3. The lowest BCUT2D eigenvalue weighted by Gasteiger charge is -2.32. The average molecular weight is 244 g/mol. The van der Waals surface area contributed by atoms with Gasteiger partial charge in [0.15, 0.2) is 0 Å². The molecule has 18 heavy (non-hydrogen) atoms. The normalized spacial score (nSPS) is 18.0. The van der Waals surface area contributed by atoms with Crippen LogP contribution in [0.1, 0.15) is 31.7 Å². The van der Waals surface area contributed by atoms with Gasteiger partial charge in [-0.3, -0.25) is 9.88 Å². The van der Waals surface area contributed by atoms with Crippen LogP contribution in [0.4, 0.5) is 5.69 Å². The molecule has 0 bridgehead atoms. The Hall–Kier alpha value is -1.60. The molecule has 4 heteroatoms. The highest BCUT2D eigenvalue weighted by Crippen LogP contribution is 2.15. The molecule has 1 aromatic heterocycles. The molecule has 96 valence electrons. The highest BCUT2D eigenvalue weighted by Gasteiger charge is 2.16. The van der Waals surface area contributed by atoms with E-state index in [9.17, 15) is 0 Å². The van der Waals surface area contributed by atoms with Crippen LogP contribution >= 0.6 is 0 Å². The molecular formula is C14H20N4. The Morgan fingerprint density at radius 2 is 2.22 bits per heavy atom. The molecule has 1 fully saturated rings. The number of aromatic nitrogens is 1. The van der Waals surface area contributed by atoms with E-state index in [1.165, 1.54) is 32.4 Å². The van der Waals surface area contributed by atoms with E-state index < -0.39 is 0 Å². The second kappa shape index (κ2) is 6.36. The first-order valence-corrected chi connectivity index (χ1v) is 6.63. The number of hydrogen-bond donors (Lipinski definition) is 1. The molecule has 1 unspecified atom stereocenters. The summed E-state index contributed by atoms with van der Waals surface area (Å²) in [5, 5.41) is 12.3. The third-order valence-corrected chi connectivity index (χ3v) is 3.54. The van der Waals surface area contributed by atoms with Crippen molar-refractivity contribution in [1.82, 2.24) is 9.88 Å². The number of nitrogens with one attached hydrogen (secondary N) is 1. The van der Waals surface area contributed by atoms with E-state index in [2.05, 4.69) is 28.2 Å². The van der Waals surface area contributed by atoms with E-state index in [1.54, 1.807) is 18.5 Å². The SMILES string of the molecule is CC(CNc1cnccc1C#N)N1CCCCC1. The Balaban J connectivity index is 1.88. The lowest BCUT2D eigenvalue weighted by Crippen LogP contribution is -2.41. The molecular weight excluding hydrogens is 224 g/mol. The molecule has 1 aliphatic heterocycles. The summed E-state index contributed by atoms with van der Waals surface area (Å²) in [4.78, 5) is 6.57. The number of hydrogen-bond acceptors (Lipinski definition) is 4. The maximum atomic E-state index is 9.00. The molecule has 2 heterocycles. The largest absolute Gasteiger partial charge is 0.381 e. The zero-order valence-electron chi connectivity index (χ0n) is 10.9. The number of piperidine rings is 1. The summed E-state index contributed by atoms with van der Waals surface area (Å²) in [5.41, 5.74) is 1.50. The average Bonchev–Trinajstić information content (AvgIpc) is 2.46. The second-order valence-electron chi connectivity index (χ2n) is 4.86. The molecule has 0 amide bonds. The van der Waals surface area contributed by atoms with Crippen LogP contribution in [0.3, 0.4) is 0 Å². The summed E-state index contributed by atoms with van der Waals surface area (Å²) in [6, 6.07) is 4.42. The third-order valence-electron chi connectivity index (χ3n) is 3.54. The molecule has 0 aromatic carbocycles. The van der Waals surface area contributed by atoms with Crippen LogP contribution in [-0.2, 0) is 0 Å². The maximum Gasteiger partial charge on any atom is 0.101 e. The Bertz CT molecular complexity index is 418. The van der Waals surface area contributed by atoms with Gasteiger partial charge in [-0.2, -0.15) is 5.26 Å². The van der Waals surface area contributed by atoms with Gasteiger partial charge in [0, 0.05) is 18.8 Å². The van der Waals surface area contributed by atoms with E-state index in [0.29, 0.717) is 11.6 Å². The predicted octanol–water partition coefficient (Wildman–Crippen LogP) is 2.24. The number of nitriles is 1. The zero-order chi connectivity index (χ0) is 12.8. The number of rotatable bonds is 4. The summed E-state index contributed by atoms with van der Waals surface area (Å²) < 4.78 is 0. The zero-order valence-corrected chi connectivity index (χ0v) is 10.9. The summed E-state index contributed by atoms with van der Waals surface area (Å²) in [5.74, 6) is 0. The minimum Gasteiger partial charge on any atom is -0.381 e. The highest BCUT2D eigenvalue weighted by molar-refractivity contribution is 5.55. The molecule has 1 aliphatic rings. The van der Waals surface area contributed by atoms with Gasteiger partial charge in [0.2, 0.25) is 0 Å². The first-order chi connectivity index (χ1) is 8.81. The molecule has 0 radical (unpaired) electrons. The van der Waals surface area contributed by atoms with Crippen molar-refractivity contribution in [3.05, 3.63) is 24.0 Å². The summed E-state index contributed by atoms with van der Waals surface area (Å²) >= 11 is 0. The molecule has 2 rings (SSSR count). The monoisotopic (exact) mass is 244 g/mol.